The van der Waals surface area contributed by atoms with E-state index in [0.717, 1.165) is 23.3 Å². The third-order valence-corrected chi connectivity index (χ3v) is 4.38. The van der Waals surface area contributed by atoms with E-state index >= 15 is 0 Å². The first kappa shape index (κ1) is 17.6. The van der Waals surface area contributed by atoms with Gasteiger partial charge in [0, 0.05) is 17.0 Å². The molecule has 0 radical (unpaired) electrons. The lowest BCUT2D eigenvalue weighted by Gasteiger charge is -2.18. The molecule has 132 valence electrons. The standard InChI is InChI=1S/C20H22ClNO3/c1-13(14-6-4-8-16(21)10-14)22-18(23)12-24-17-9-5-7-15-11-20(2,3)25-19(15)17/h4-10,13H,11-12H2,1-3H3,(H,22,23)/t13-/m1/s1. The molecule has 5 heteroatoms. The summed E-state index contributed by atoms with van der Waals surface area (Å²) in [5.74, 6) is 1.15. The fraction of sp³-hybridized carbons (Fsp3) is 0.350. The van der Waals surface area contributed by atoms with Crippen LogP contribution in [0.1, 0.15) is 37.9 Å². The predicted molar refractivity (Wildman–Crippen MR) is 98.4 cm³/mol. The van der Waals surface area contributed by atoms with E-state index in [2.05, 4.69) is 5.32 Å². The maximum absolute atomic E-state index is 12.2. The molecule has 1 amide bonds. The second kappa shape index (κ2) is 6.96. The Morgan fingerprint density at radius 3 is 2.84 bits per heavy atom. The van der Waals surface area contributed by atoms with Gasteiger partial charge in [-0.1, -0.05) is 35.9 Å². The molecule has 1 aliphatic rings. The van der Waals surface area contributed by atoms with E-state index in [4.69, 9.17) is 21.1 Å². The van der Waals surface area contributed by atoms with E-state index in [1.54, 1.807) is 6.07 Å². The lowest BCUT2D eigenvalue weighted by molar-refractivity contribution is -0.123. The van der Waals surface area contributed by atoms with Gasteiger partial charge in [0.05, 0.1) is 6.04 Å². The van der Waals surface area contributed by atoms with E-state index in [0.29, 0.717) is 10.8 Å². The van der Waals surface area contributed by atoms with Crippen LogP contribution in [-0.2, 0) is 11.2 Å². The zero-order valence-electron chi connectivity index (χ0n) is 14.6. The molecule has 1 aliphatic heterocycles. The molecule has 3 rings (SSSR count). The molecule has 0 aliphatic carbocycles. The highest BCUT2D eigenvalue weighted by Crippen LogP contribution is 2.41. The van der Waals surface area contributed by atoms with Crippen molar-refractivity contribution < 1.29 is 14.3 Å². The molecule has 2 aromatic rings. The van der Waals surface area contributed by atoms with E-state index in [-0.39, 0.29) is 24.2 Å². The van der Waals surface area contributed by atoms with Crippen LogP contribution in [0.3, 0.4) is 0 Å². The van der Waals surface area contributed by atoms with E-state index in [9.17, 15) is 4.79 Å². The van der Waals surface area contributed by atoms with E-state index in [1.807, 2.05) is 57.2 Å². The van der Waals surface area contributed by atoms with Crippen LogP contribution in [-0.4, -0.2) is 18.1 Å². The van der Waals surface area contributed by atoms with Gasteiger partial charge in [-0.25, -0.2) is 0 Å². The number of amides is 1. The quantitative estimate of drug-likeness (QED) is 0.865. The zero-order valence-corrected chi connectivity index (χ0v) is 15.4. The van der Waals surface area contributed by atoms with Crippen LogP contribution >= 0.6 is 11.6 Å². The van der Waals surface area contributed by atoms with Crippen molar-refractivity contribution in [3.63, 3.8) is 0 Å². The second-order valence-electron chi connectivity index (χ2n) is 6.92. The number of ether oxygens (including phenoxy) is 2. The van der Waals surface area contributed by atoms with Crippen LogP contribution in [0, 0.1) is 0 Å². The largest absolute Gasteiger partial charge is 0.483 e. The van der Waals surface area contributed by atoms with Crippen molar-refractivity contribution in [2.45, 2.75) is 38.8 Å². The maximum Gasteiger partial charge on any atom is 0.258 e. The van der Waals surface area contributed by atoms with Crippen LogP contribution in [0.15, 0.2) is 42.5 Å². The van der Waals surface area contributed by atoms with Crippen molar-refractivity contribution in [1.29, 1.82) is 0 Å². The summed E-state index contributed by atoms with van der Waals surface area (Å²) in [5, 5.41) is 3.56. The van der Waals surface area contributed by atoms with Gasteiger partial charge in [0.2, 0.25) is 0 Å². The van der Waals surface area contributed by atoms with Crippen molar-refractivity contribution in [2.75, 3.05) is 6.61 Å². The van der Waals surface area contributed by atoms with Gasteiger partial charge in [0.25, 0.3) is 5.91 Å². The van der Waals surface area contributed by atoms with Crippen LogP contribution in [0.2, 0.25) is 5.02 Å². The lowest BCUT2D eigenvalue weighted by atomic mass is 10.0. The Labute approximate surface area is 153 Å². The first-order valence-electron chi connectivity index (χ1n) is 8.32. The van der Waals surface area contributed by atoms with Gasteiger partial charge in [-0.15, -0.1) is 0 Å². The normalized spacial score (nSPS) is 15.8. The summed E-state index contributed by atoms with van der Waals surface area (Å²) < 4.78 is 11.7. The molecule has 0 spiro atoms. The number of carbonyl (C=O) groups excluding carboxylic acids is 1. The summed E-state index contributed by atoms with van der Waals surface area (Å²) >= 11 is 5.99. The molecule has 0 saturated heterocycles. The number of benzene rings is 2. The Hall–Kier alpha value is -2.20. The number of carbonyl (C=O) groups is 1. The number of halogens is 1. The molecule has 2 aromatic carbocycles. The molecule has 25 heavy (non-hydrogen) atoms. The first-order valence-corrected chi connectivity index (χ1v) is 8.70. The first-order chi connectivity index (χ1) is 11.8. The summed E-state index contributed by atoms with van der Waals surface area (Å²) in [6, 6.07) is 13.1. The summed E-state index contributed by atoms with van der Waals surface area (Å²) in [6.07, 6.45) is 0.831. The molecule has 1 N–H and O–H groups in total. The minimum absolute atomic E-state index is 0.0643. The molecular formula is C20H22ClNO3. The molecule has 1 atom stereocenters. The van der Waals surface area contributed by atoms with Gasteiger partial charge in [0.1, 0.15) is 5.60 Å². The van der Waals surface area contributed by atoms with Crippen LogP contribution < -0.4 is 14.8 Å². The average Bonchev–Trinajstić information content (AvgIpc) is 2.87. The van der Waals surface area contributed by atoms with Crippen molar-refractivity contribution in [3.8, 4) is 11.5 Å². The number of hydrogen-bond acceptors (Lipinski definition) is 3. The fourth-order valence-corrected chi connectivity index (χ4v) is 3.19. The molecule has 0 saturated carbocycles. The monoisotopic (exact) mass is 359 g/mol. The number of rotatable bonds is 5. The molecular weight excluding hydrogens is 338 g/mol. The SMILES string of the molecule is C[C@@H](NC(=O)COc1cccc2c1OC(C)(C)C2)c1cccc(Cl)c1. The summed E-state index contributed by atoms with van der Waals surface area (Å²) in [7, 11) is 0. The third kappa shape index (κ3) is 4.26. The van der Waals surface area contributed by atoms with Gasteiger partial charge in [0.15, 0.2) is 18.1 Å². The van der Waals surface area contributed by atoms with E-state index in [1.165, 1.54) is 0 Å². The van der Waals surface area contributed by atoms with Gasteiger partial charge in [-0.2, -0.15) is 0 Å². The number of nitrogens with one attached hydrogen (secondary N) is 1. The van der Waals surface area contributed by atoms with Gasteiger partial charge < -0.3 is 14.8 Å². The number of fused-ring (bicyclic) bond motifs is 1. The zero-order chi connectivity index (χ0) is 18.0. The highest BCUT2D eigenvalue weighted by atomic mass is 35.5. The number of hydrogen-bond donors (Lipinski definition) is 1. The van der Waals surface area contributed by atoms with Crippen molar-refractivity contribution in [3.05, 3.63) is 58.6 Å². The van der Waals surface area contributed by atoms with Gasteiger partial charge in [-0.3, -0.25) is 4.79 Å². The van der Waals surface area contributed by atoms with Crippen LogP contribution in [0.25, 0.3) is 0 Å². The maximum atomic E-state index is 12.2. The van der Waals surface area contributed by atoms with E-state index < -0.39 is 0 Å². The second-order valence-corrected chi connectivity index (χ2v) is 7.35. The molecule has 0 bridgehead atoms. The topological polar surface area (TPSA) is 47.6 Å². The van der Waals surface area contributed by atoms with Gasteiger partial charge in [-0.05, 0) is 44.5 Å². The molecule has 4 nitrogen and oxygen atoms in total. The minimum Gasteiger partial charge on any atom is -0.483 e. The lowest BCUT2D eigenvalue weighted by Crippen LogP contribution is -2.31. The van der Waals surface area contributed by atoms with Crippen LogP contribution in [0.4, 0.5) is 0 Å². The Balaban J connectivity index is 1.60. The number of para-hydroxylation sites is 1. The molecule has 0 aromatic heterocycles. The highest BCUT2D eigenvalue weighted by Gasteiger charge is 2.32. The van der Waals surface area contributed by atoms with Crippen molar-refractivity contribution >= 4 is 17.5 Å². The Morgan fingerprint density at radius 2 is 2.08 bits per heavy atom. The Bertz CT molecular complexity index is 788. The summed E-state index contributed by atoms with van der Waals surface area (Å²) in [5.41, 5.74) is 1.81. The minimum atomic E-state index is -0.245. The van der Waals surface area contributed by atoms with Gasteiger partial charge >= 0.3 is 0 Å². The van der Waals surface area contributed by atoms with Crippen molar-refractivity contribution in [2.24, 2.45) is 0 Å². The average molecular weight is 360 g/mol. The third-order valence-electron chi connectivity index (χ3n) is 4.14. The summed E-state index contributed by atoms with van der Waals surface area (Å²) in [4.78, 5) is 12.2. The van der Waals surface area contributed by atoms with Crippen LogP contribution in [0.5, 0.6) is 11.5 Å². The smallest absolute Gasteiger partial charge is 0.258 e. The van der Waals surface area contributed by atoms with Crippen molar-refractivity contribution in [1.82, 2.24) is 5.32 Å². The Kier molecular flexibility index (Phi) is 4.91. The molecule has 0 fully saturated rings. The Morgan fingerprint density at radius 1 is 1.32 bits per heavy atom. The molecule has 1 heterocycles. The highest BCUT2D eigenvalue weighted by molar-refractivity contribution is 6.30. The summed E-state index contributed by atoms with van der Waals surface area (Å²) in [6.45, 7) is 5.92. The molecule has 0 unspecified atom stereocenters. The fourth-order valence-electron chi connectivity index (χ4n) is 2.99. The predicted octanol–water partition coefficient (Wildman–Crippen LogP) is 4.31.